The molecule has 1 aliphatic rings. The molecule has 0 aliphatic heterocycles. The minimum atomic E-state index is -0.409. The topological polar surface area (TPSA) is 117 Å². The average molecular weight is 464 g/mol. The van der Waals surface area contributed by atoms with Crippen LogP contribution >= 0.6 is 11.8 Å². The fourth-order valence-corrected chi connectivity index (χ4v) is 3.92. The summed E-state index contributed by atoms with van der Waals surface area (Å²) >= 11 is 0.988. The van der Waals surface area contributed by atoms with E-state index in [0.717, 1.165) is 34.0 Å². The predicted octanol–water partition coefficient (Wildman–Crippen LogP) is 3.19. The zero-order valence-electron chi connectivity index (χ0n) is 18.2. The SMILES string of the molecule is CNC(=O)C(CCC1=CC=C(NC(=O)/C=C/c2cnccc2-c2cn[nH]c2)C=CC1)SC=O. The lowest BCUT2D eigenvalue weighted by Gasteiger charge is -2.12. The molecule has 9 heteroatoms. The molecule has 3 N–H and O–H groups in total. The second-order valence-electron chi connectivity index (χ2n) is 7.20. The number of carbonyl (C=O) groups excluding carboxylic acids is 3. The van der Waals surface area contributed by atoms with E-state index in [1.54, 1.807) is 37.9 Å². The van der Waals surface area contributed by atoms with Crippen molar-refractivity contribution < 1.29 is 14.4 Å². The number of allylic oxidation sites excluding steroid dienone is 5. The zero-order valence-corrected chi connectivity index (χ0v) is 19.0. The lowest BCUT2D eigenvalue weighted by molar-refractivity contribution is -0.120. The largest absolute Gasteiger partial charge is 0.358 e. The molecule has 0 spiro atoms. The van der Waals surface area contributed by atoms with E-state index in [1.165, 1.54) is 6.08 Å². The van der Waals surface area contributed by atoms with Crippen LogP contribution in [0.25, 0.3) is 17.2 Å². The van der Waals surface area contributed by atoms with Gasteiger partial charge < -0.3 is 10.6 Å². The third-order valence-electron chi connectivity index (χ3n) is 5.01. The van der Waals surface area contributed by atoms with Gasteiger partial charge in [-0.25, -0.2) is 0 Å². The van der Waals surface area contributed by atoms with Crippen molar-refractivity contribution in [3.8, 4) is 11.1 Å². The Balaban J connectivity index is 1.60. The first-order valence-corrected chi connectivity index (χ1v) is 11.3. The van der Waals surface area contributed by atoms with Gasteiger partial charge in [-0.1, -0.05) is 29.5 Å². The Hall–Kier alpha value is -3.72. The molecule has 8 nitrogen and oxygen atoms in total. The summed E-state index contributed by atoms with van der Waals surface area (Å²) in [5.41, 5.74) is 5.13. The highest BCUT2D eigenvalue weighted by Crippen LogP contribution is 2.23. The third-order valence-corrected chi connectivity index (χ3v) is 5.89. The maximum absolute atomic E-state index is 12.5. The summed E-state index contributed by atoms with van der Waals surface area (Å²) < 4.78 is 0. The number of hydrogen-bond donors (Lipinski definition) is 3. The predicted molar refractivity (Wildman–Crippen MR) is 130 cm³/mol. The molecule has 0 aromatic carbocycles. The third kappa shape index (κ3) is 7.15. The molecule has 0 radical (unpaired) electrons. The van der Waals surface area contributed by atoms with Crippen molar-refractivity contribution in [1.29, 1.82) is 0 Å². The maximum atomic E-state index is 12.5. The fraction of sp³-hybridized carbons (Fsp3) is 0.208. The molecule has 2 aromatic rings. The standard InChI is InChI=1S/C24H25N5O3S/c1-25-24(32)22(33-16-30)9-6-17-3-2-4-20(8-5-17)29-23(31)10-7-18-13-26-12-11-21(18)19-14-27-28-15-19/h2,4-5,7-8,10-16,22H,3,6,9H2,1H3,(H,25,32)(H,27,28)(H,29,31)/b10-7+. The summed E-state index contributed by atoms with van der Waals surface area (Å²) in [5.74, 6) is -0.413. The van der Waals surface area contributed by atoms with E-state index < -0.39 is 5.25 Å². The number of hydrogen-bond acceptors (Lipinski definition) is 6. The van der Waals surface area contributed by atoms with Gasteiger partial charge in [-0.05, 0) is 49.1 Å². The number of nitrogens with zero attached hydrogens (tertiary/aromatic N) is 2. The Morgan fingerprint density at radius 3 is 2.94 bits per heavy atom. The molecule has 0 saturated heterocycles. The van der Waals surface area contributed by atoms with E-state index in [9.17, 15) is 14.4 Å². The van der Waals surface area contributed by atoms with Crippen LogP contribution in [0.1, 0.15) is 24.8 Å². The van der Waals surface area contributed by atoms with Gasteiger partial charge in [-0.3, -0.25) is 24.5 Å². The van der Waals surface area contributed by atoms with Gasteiger partial charge in [0.25, 0.3) is 0 Å². The van der Waals surface area contributed by atoms with Crippen LogP contribution in [0, 0.1) is 0 Å². The fourth-order valence-electron chi connectivity index (χ4n) is 3.29. The van der Waals surface area contributed by atoms with Crippen molar-refractivity contribution in [1.82, 2.24) is 25.8 Å². The molecule has 3 rings (SSSR count). The van der Waals surface area contributed by atoms with Crippen LogP contribution in [-0.4, -0.2) is 44.9 Å². The molecule has 2 amide bonds. The molecule has 1 aliphatic carbocycles. The normalized spacial score (nSPS) is 14.2. The van der Waals surface area contributed by atoms with Crippen molar-refractivity contribution in [3.63, 3.8) is 0 Å². The molecule has 1 atom stereocenters. The molecule has 1 unspecified atom stereocenters. The Labute approximate surface area is 196 Å². The number of aromatic amines is 1. The van der Waals surface area contributed by atoms with Crippen molar-refractivity contribution in [2.24, 2.45) is 0 Å². The molecule has 170 valence electrons. The van der Waals surface area contributed by atoms with Crippen molar-refractivity contribution in [3.05, 3.63) is 78.1 Å². The van der Waals surface area contributed by atoms with Gasteiger partial charge in [0.15, 0.2) is 5.62 Å². The molecular weight excluding hydrogens is 438 g/mol. The summed E-state index contributed by atoms with van der Waals surface area (Å²) in [4.78, 5) is 39.3. The Morgan fingerprint density at radius 2 is 2.18 bits per heavy atom. The summed E-state index contributed by atoms with van der Waals surface area (Å²) in [6.07, 6.45) is 19.6. The van der Waals surface area contributed by atoms with Gasteiger partial charge in [0.05, 0.1) is 11.4 Å². The second kappa shape index (κ2) is 12.4. The number of rotatable bonds is 10. The molecule has 2 heterocycles. The molecule has 0 saturated carbocycles. The Morgan fingerprint density at radius 1 is 1.30 bits per heavy atom. The van der Waals surface area contributed by atoms with Crippen LogP contribution in [0.3, 0.4) is 0 Å². The summed E-state index contributed by atoms with van der Waals surface area (Å²) in [6, 6.07) is 1.87. The highest BCUT2D eigenvalue weighted by Gasteiger charge is 2.17. The molecule has 33 heavy (non-hydrogen) atoms. The van der Waals surface area contributed by atoms with Crippen molar-refractivity contribution >= 4 is 35.3 Å². The second-order valence-corrected chi connectivity index (χ2v) is 8.23. The van der Waals surface area contributed by atoms with Crippen LogP contribution in [0.15, 0.2) is 72.5 Å². The van der Waals surface area contributed by atoms with Crippen LogP contribution in [-0.2, 0) is 14.4 Å². The Bertz CT molecular complexity index is 1100. The smallest absolute Gasteiger partial charge is 0.248 e. The van der Waals surface area contributed by atoms with Crippen molar-refractivity contribution in [2.75, 3.05) is 7.05 Å². The monoisotopic (exact) mass is 463 g/mol. The lowest BCUT2D eigenvalue weighted by Crippen LogP contribution is -2.29. The lowest BCUT2D eigenvalue weighted by atomic mass is 10.0. The average Bonchev–Trinajstić information content (AvgIpc) is 3.28. The first kappa shape index (κ1) is 23.9. The zero-order chi connectivity index (χ0) is 23.5. The van der Waals surface area contributed by atoms with Gasteiger partial charge in [-0.2, -0.15) is 5.10 Å². The van der Waals surface area contributed by atoms with E-state index in [4.69, 9.17) is 0 Å². The Kier molecular flexibility index (Phi) is 8.96. The summed E-state index contributed by atoms with van der Waals surface area (Å²) in [6.45, 7) is 0. The van der Waals surface area contributed by atoms with Crippen LogP contribution in [0.2, 0.25) is 0 Å². The van der Waals surface area contributed by atoms with Crippen LogP contribution in [0.5, 0.6) is 0 Å². The van der Waals surface area contributed by atoms with Crippen LogP contribution in [0.4, 0.5) is 0 Å². The van der Waals surface area contributed by atoms with Crippen molar-refractivity contribution in [2.45, 2.75) is 24.5 Å². The number of amides is 2. The number of pyridine rings is 1. The minimum Gasteiger partial charge on any atom is -0.358 e. The number of H-pyrrole nitrogens is 1. The molecular formula is C24H25N5O3S. The summed E-state index contributed by atoms with van der Waals surface area (Å²) in [5, 5.41) is 11.8. The van der Waals surface area contributed by atoms with Gasteiger partial charge in [-0.15, -0.1) is 0 Å². The number of nitrogens with one attached hydrogen (secondary N) is 3. The highest BCUT2D eigenvalue weighted by molar-refractivity contribution is 8.13. The van der Waals surface area contributed by atoms with E-state index in [2.05, 4.69) is 25.8 Å². The first-order chi connectivity index (χ1) is 16.1. The van der Waals surface area contributed by atoms with Crippen LogP contribution < -0.4 is 10.6 Å². The molecule has 0 fully saturated rings. The minimum absolute atomic E-state index is 0.156. The first-order valence-electron chi connectivity index (χ1n) is 10.4. The van der Waals surface area contributed by atoms with Gasteiger partial charge in [0, 0.05) is 48.5 Å². The maximum Gasteiger partial charge on any atom is 0.248 e. The number of thioether (sulfide) groups is 1. The number of carbonyl (C=O) groups is 3. The highest BCUT2D eigenvalue weighted by atomic mass is 32.2. The summed E-state index contributed by atoms with van der Waals surface area (Å²) in [7, 11) is 1.56. The van der Waals surface area contributed by atoms with Gasteiger partial charge in [0.1, 0.15) is 0 Å². The van der Waals surface area contributed by atoms with E-state index >= 15 is 0 Å². The quantitative estimate of drug-likeness (QED) is 0.368. The van der Waals surface area contributed by atoms with E-state index in [1.807, 2.05) is 30.4 Å². The van der Waals surface area contributed by atoms with Gasteiger partial charge in [0.2, 0.25) is 11.8 Å². The number of aromatic nitrogens is 3. The van der Waals surface area contributed by atoms with Gasteiger partial charge >= 0.3 is 0 Å². The van der Waals surface area contributed by atoms with E-state index in [-0.39, 0.29) is 11.8 Å². The van der Waals surface area contributed by atoms with E-state index in [0.29, 0.717) is 30.6 Å². The molecule has 2 aromatic heterocycles. The molecule has 0 bridgehead atoms.